The zero-order chi connectivity index (χ0) is 13.8. The summed E-state index contributed by atoms with van der Waals surface area (Å²) in [5.74, 6) is -0.624. The van der Waals surface area contributed by atoms with Gasteiger partial charge in [-0.2, -0.15) is 0 Å². The Balaban J connectivity index is 2.70. The van der Waals surface area contributed by atoms with Gasteiger partial charge in [0.25, 0.3) is 5.69 Å². The molecule has 1 aromatic rings. The van der Waals surface area contributed by atoms with Crippen molar-refractivity contribution >= 4 is 19.7 Å². The molecule has 0 bridgehead atoms. The van der Waals surface area contributed by atoms with E-state index in [0.717, 1.165) is 6.04 Å². The summed E-state index contributed by atoms with van der Waals surface area (Å²) < 4.78 is 5.09. The monoisotopic (exact) mass is 267 g/mol. The van der Waals surface area contributed by atoms with Crippen LogP contribution in [-0.4, -0.2) is 25.6 Å². The summed E-state index contributed by atoms with van der Waals surface area (Å²) in [7, 11) is -1.27. The molecule has 0 aliphatic rings. The van der Waals surface area contributed by atoms with Crippen molar-refractivity contribution < 1.29 is 14.5 Å². The number of carbonyl (C=O) groups is 1. The lowest BCUT2D eigenvalue weighted by molar-refractivity contribution is -0.385. The molecular formula is C12H17NO4Si. The molecule has 0 unspecified atom stereocenters. The van der Waals surface area contributed by atoms with Crippen LogP contribution < -0.4 is 0 Å². The fourth-order valence-corrected chi connectivity index (χ4v) is 2.05. The van der Waals surface area contributed by atoms with Gasteiger partial charge in [0.2, 0.25) is 0 Å². The Labute approximate surface area is 107 Å². The van der Waals surface area contributed by atoms with Gasteiger partial charge in [-0.05, 0) is 12.1 Å². The van der Waals surface area contributed by atoms with Crippen molar-refractivity contribution in [2.75, 3.05) is 6.61 Å². The standard InChI is InChI=1S/C12H17NO4Si/c1-18(2,3)9-8-17-12(14)10-6-4-5-7-11(10)13(15)16/h4-7H,8-9H2,1-3H3. The number of para-hydroxylation sites is 1. The zero-order valence-electron chi connectivity index (χ0n) is 10.8. The fraction of sp³-hybridized carbons (Fsp3) is 0.417. The second kappa shape index (κ2) is 5.77. The lowest BCUT2D eigenvalue weighted by Crippen LogP contribution is -2.22. The van der Waals surface area contributed by atoms with Crippen LogP contribution in [0, 0.1) is 10.1 Å². The van der Waals surface area contributed by atoms with Crippen LogP contribution in [0.5, 0.6) is 0 Å². The molecule has 0 aliphatic carbocycles. The number of hydrogen-bond donors (Lipinski definition) is 0. The molecule has 0 fully saturated rings. The molecule has 1 rings (SSSR count). The van der Waals surface area contributed by atoms with Gasteiger partial charge in [0.05, 0.1) is 11.5 Å². The van der Waals surface area contributed by atoms with Gasteiger partial charge < -0.3 is 4.74 Å². The van der Waals surface area contributed by atoms with E-state index in [2.05, 4.69) is 19.6 Å². The molecule has 0 saturated carbocycles. The van der Waals surface area contributed by atoms with Crippen molar-refractivity contribution in [1.82, 2.24) is 0 Å². The van der Waals surface area contributed by atoms with Crippen molar-refractivity contribution in [3.8, 4) is 0 Å². The van der Waals surface area contributed by atoms with E-state index >= 15 is 0 Å². The first kappa shape index (κ1) is 14.4. The van der Waals surface area contributed by atoms with Crippen molar-refractivity contribution in [2.45, 2.75) is 25.7 Å². The lowest BCUT2D eigenvalue weighted by Gasteiger charge is -2.15. The third-order valence-electron chi connectivity index (χ3n) is 2.41. The highest BCUT2D eigenvalue weighted by Crippen LogP contribution is 2.19. The predicted octanol–water partition coefficient (Wildman–Crippen LogP) is 3.09. The van der Waals surface area contributed by atoms with Crippen LogP contribution in [0.3, 0.4) is 0 Å². The fourth-order valence-electron chi connectivity index (χ4n) is 1.33. The van der Waals surface area contributed by atoms with E-state index in [-0.39, 0.29) is 11.3 Å². The second-order valence-electron chi connectivity index (χ2n) is 5.22. The summed E-state index contributed by atoms with van der Waals surface area (Å²) in [5, 5.41) is 10.8. The van der Waals surface area contributed by atoms with Gasteiger partial charge in [0, 0.05) is 14.1 Å². The Morgan fingerprint density at radius 2 is 1.94 bits per heavy atom. The number of nitrogens with zero attached hydrogens (tertiary/aromatic N) is 1. The maximum absolute atomic E-state index is 11.7. The average Bonchev–Trinajstić information content (AvgIpc) is 2.27. The van der Waals surface area contributed by atoms with Gasteiger partial charge in [-0.15, -0.1) is 0 Å². The number of hydrogen-bond acceptors (Lipinski definition) is 4. The molecule has 18 heavy (non-hydrogen) atoms. The Morgan fingerprint density at radius 3 is 2.50 bits per heavy atom. The Bertz CT molecular complexity index is 454. The van der Waals surface area contributed by atoms with E-state index in [4.69, 9.17) is 4.74 Å². The van der Waals surface area contributed by atoms with Crippen LogP contribution in [-0.2, 0) is 4.74 Å². The normalized spacial score (nSPS) is 11.1. The highest BCUT2D eigenvalue weighted by molar-refractivity contribution is 6.76. The number of carbonyl (C=O) groups excluding carboxylic acids is 1. The molecule has 0 amide bonds. The van der Waals surface area contributed by atoms with Gasteiger partial charge in [0.15, 0.2) is 0 Å². The minimum absolute atomic E-state index is 0.0121. The minimum atomic E-state index is -1.27. The van der Waals surface area contributed by atoms with Crippen LogP contribution in [0.2, 0.25) is 25.7 Å². The zero-order valence-corrected chi connectivity index (χ0v) is 11.8. The summed E-state index contributed by atoms with van der Waals surface area (Å²) in [5.41, 5.74) is -0.200. The van der Waals surface area contributed by atoms with Gasteiger partial charge >= 0.3 is 5.97 Å². The number of rotatable bonds is 5. The molecular weight excluding hydrogens is 250 g/mol. The molecule has 5 nitrogen and oxygen atoms in total. The summed E-state index contributed by atoms with van der Waals surface area (Å²) >= 11 is 0. The molecule has 0 heterocycles. The van der Waals surface area contributed by atoms with E-state index < -0.39 is 19.0 Å². The summed E-state index contributed by atoms with van der Waals surface area (Å²) in [6.45, 7) is 6.84. The molecule has 6 heteroatoms. The van der Waals surface area contributed by atoms with E-state index in [9.17, 15) is 14.9 Å². The van der Waals surface area contributed by atoms with E-state index in [1.807, 2.05) is 0 Å². The predicted molar refractivity (Wildman–Crippen MR) is 71.5 cm³/mol. The average molecular weight is 267 g/mol. The molecule has 0 aromatic heterocycles. The first-order valence-electron chi connectivity index (χ1n) is 5.72. The third kappa shape index (κ3) is 4.29. The van der Waals surface area contributed by atoms with E-state index in [0.29, 0.717) is 6.61 Å². The number of ether oxygens (including phenoxy) is 1. The summed E-state index contributed by atoms with van der Waals surface area (Å²) in [6, 6.07) is 6.67. The van der Waals surface area contributed by atoms with Gasteiger partial charge in [-0.1, -0.05) is 31.8 Å². The molecule has 0 atom stereocenters. The number of esters is 1. The SMILES string of the molecule is C[Si](C)(C)CCOC(=O)c1ccccc1[N+](=O)[O-]. The summed E-state index contributed by atoms with van der Waals surface area (Å²) in [6.07, 6.45) is 0. The number of nitro groups is 1. The minimum Gasteiger partial charge on any atom is -0.462 e. The molecule has 0 spiro atoms. The highest BCUT2D eigenvalue weighted by Gasteiger charge is 2.21. The molecule has 1 aromatic carbocycles. The van der Waals surface area contributed by atoms with Crippen LogP contribution in [0.25, 0.3) is 0 Å². The first-order chi connectivity index (χ1) is 8.31. The number of nitro benzene ring substituents is 1. The largest absolute Gasteiger partial charge is 0.462 e. The molecule has 0 aliphatic heterocycles. The number of benzene rings is 1. The second-order valence-corrected chi connectivity index (χ2v) is 10.8. The highest BCUT2D eigenvalue weighted by atomic mass is 28.3. The van der Waals surface area contributed by atoms with E-state index in [1.165, 1.54) is 18.2 Å². The van der Waals surface area contributed by atoms with Crippen molar-refractivity contribution in [3.63, 3.8) is 0 Å². The topological polar surface area (TPSA) is 69.4 Å². The molecule has 0 radical (unpaired) electrons. The molecule has 98 valence electrons. The van der Waals surface area contributed by atoms with Gasteiger partial charge in [-0.3, -0.25) is 10.1 Å². The van der Waals surface area contributed by atoms with Crippen molar-refractivity contribution in [3.05, 3.63) is 39.9 Å². The summed E-state index contributed by atoms with van der Waals surface area (Å²) in [4.78, 5) is 21.9. The molecule has 0 N–H and O–H groups in total. The Kier molecular flexibility index (Phi) is 4.60. The first-order valence-corrected chi connectivity index (χ1v) is 9.42. The van der Waals surface area contributed by atoms with Crippen molar-refractivity contribution in [1.29, 1.82) is 0 Å². The van der Waals surface area contributed by atoms with Crippen LogP contribution >= 0.6 is 0 Å². The molecule has 0 saturated heterocycles. The maximum atomic E-state index is 11.7. The third-order valence-corrected chi connectivity index (χ3v) is 4.11. The van der Waals surface area contributed by atoms with Gasteiger partial charge in [-0.25, -0.2) is 4.79 Å². The maximum Gasteiger partial charge on any atom is 0.345 e. The van der Waals surface area contributed by atoms with Crippen LogP contribution in [0.1, 0.15) is 10.4 Å². The van der Waals surface area contributed by atoms with E-state index in [1.54, 1.807) is 6.07 Å². The quantitative estimate of drug-likeness (QED) is 0.356. The van der Waals surface area contributed by atoms with Crippen molar-refractivity contribution in [2.24, 2.45) is 0 Å². The van der Waals surface area contributed by atoms with Crippen LogP contribution in [0.15, 0.2) is 24.3 Å². The van der Waals surface area contributed by atoms with Gasteiger partial charge in [0.1, 0.15) is 5.56 Å². The lowest BCUT2D eigenvalue weighted by atomic mass is 10.2. The Morgan fingerprint density at radius 1 is 1.33 bits per heavy atom. The smallest absolute Gasteiger partial charge is 0.345 e. The van der Waals surface area contributed by atoms with Crippen LogP contribution in [0.4, 0.5) is 5.69 Å². The Hall–Kier alpha value is -1.69.